The highest BCUT2D eigenvalue weighted by molar-refractivity contribution is 7.89. The topological polar surface area (TPSA) is 80.1 Å². The van der Waals surface area contributed by atoms with Crippen LogP contribution < -0.4 is 0 Å². The fourth-order valence-corrected chi connectivity index (χ4v) is 5.59. The molecule has 0 saturated carbocycles. The number of nitrogens with zero attached hydrogens (tertiary/aromatic N) is 2. The van der Waals surface area contributed by atoms with Crippen molar-refractivity contribution in [3.05, 3.63) is 89.9 Å². The van der Waals surface area contributed by atoms with Crippen LogP contribution in [-0.2, 0) is 38.8 Å². The van der Waals surface area contributed by atoms with Crippen molar-refractivity contribution in [1.29, 1.82) is 0 Å². The Kier molecular flexibility index (Phi) is 8.35. The molecule has 3 aromatic rings. The van der Waals surface area contributed by atoms with E-state index in [1.807, 2.05) is 30.3 Å². The molecule has 0 spiro atoms. The number of alkyl halides is 3. The molecule has 0 aliphatic carbocycles. The number of furan rings is 1. The Bertz CT molecular complexity index is 1280. The third-order valence-electron chi connectivity index (χ3n) is 6.04. The van der Waals surface area contributed by atoms with Crippen LogP contribution in [-0.4, -0.2) is 49.3 Å². The van der Waals surface area contributed by atoms with E-state index in [0.717, 1.165) is 34.5 Å². The maximum atomic E-state index is 13.5. The van der Waals surface area contributed by atoms with Gasteiger partial charge in [0.05, 0.1) is 35.9 Å². The molecule has 1 aromatic heterocycles. The van der Waals surface area contributed by atoms with Gasteiger partial charge in [0.25, 0.3) is 0 Å². The van der Waals surface area contributed by atoms with E-state index < -0.39 is 45.2 Å². The van der Waals surface area contributed by atoms with Gasteiger partial charge in [0.1, 0.15) is 5.76 Å². The van der Waals surface area contributed by atoms with Crippen molar-refractivity contribution in [1.82, 2.24) is 9.21 Å². The zero-order valence-electron chi connectivity index (χ0n) is 19.9. The Morgan fingerprint density at radius 2 is 1.78 bits per heavy atom. The van der Waals surface area contributed by atoms with Crippen LogP contribution in [0.2, 0.25) is 0 Å². The second kappa shape index (κ2) is 11.5. The lowest BCUT2D eigenvalue weighted by Gasteiger charge is -2.28. The van der Waals surface area contributed by atoms with Gasteiger partial charge < -0.3 is 14.1 Å². The first kappa shape index (κ1) is 26.9. The summed E-state index contributed by atoms with van der Waals surface area (Å²) >= 11 is 0. The molecule has 1 aliphatic heterocycles. The molecule has 1 amide bonds. The lowest BCUT2D eigenvalue weighted by Crippen LogP contribution is -2.45. The number of hydrogen-bond acceptors (Lipinski definition) is 5. The van der Waals surface area contributed by atoms with Crippen LogP contribution in [0, 0.1) is 0 Å². The Balaban J connectivity index is 1.62. The number of sulfonamides is 1. The van der Waals surface area contributed by atoms with E-state index in [9.17, 15) is 26.4 Å². The Morgan fingerprint density at radius 3 is 2.43 bits per heavy atom. The van der Waals surface area contributed by atoms with Crippen molar-refractivity contribution in [2.75, 3.05) is 19.7 Å². The maximum Gasteiger partial charge on any atom is 0.416 e. The van der Waals surface area contributed by atoms with Gasteiger partial charge >= 0.3 is 6.18 Å². The van der Waals surface area contributed by atoms with Gasteiger partial charge in [-0.15, -0.1) is 0 Å². The third-order valence-corrected chi connectivity index (χ3v) is 7.85. The number of carbonyl (C=O) groups excluding carboxylic acids is 1. The van der Waals surface area contributed by atoms with Crippen LogP contribution in [0.4, 0.5) is 13.2 Å². The van der Waals surface area contributed by atoms with E-state index in [0.29, 0.717) is 24.9 Å². The molecule has 37 heavy (non-hydrogen) atoms. The molecular formula is C26H27F3N2O5S. The van der Waals surface area contributed by atoms with E-state index in [4.69, 9.17) is 9.15 Å². The minimum absolute atomic E-state index is 0.0953. The van der Waals surface area contributed by atoms with Crippen molar-refractivity contribution < 1.29 is 35.5 Å². The molecule has 0 N–H and O–H groups in total. The zero-order valence-corrected chi connectivity index (χ0v) is 20.7. The highest BCUT2D eigenvalue weighted by Gasteiger charge is 2.35. The maximum absolute atomic E-state index is 13.5. The van der Waals surface area contributed by atoms with Gasteiger partial charge in [0.15, 0.2) is 0 Å². The molecule has 0 radical (unpaired) electrons. The lowest BCUT2D eigenvalue weighted by atomic mass is 10.2. The first-order valence-corrected chi connectivity index (χ1v) is 13.2. The number of benzene rings is 2. The van der Waals surface area contributed by atoms with Crippen molar-refractivity contribution >= 4 is 15.9 Å². The highest BCUT2D eigenvalue weighted by atomic mass is 32.2. The van der Waals surface area contributed by atoms with Crippen LogP contribution in [0.15, 0.2) is 82.3 Å². The summed E-state index contributed by atoms with van der Waals surface area (Å²) in [5, 5.41) is 0. The number of ether oxygens (including phenoxy) is 1. The van der Waals surface area contributed by atoms with Crippen LogP contribution in [0.5, 0.6) is 0 Å². The second-order valence-corrected chi connectivity index (χ2v) is 10.7. The fraction of sp³-hybridized carbons (Fsp3) is 0.346. The van der Waals surface area contributed by atoms with E-state index in [-0.39, 0.29) is 19.6 Å². The smallest absolute Gasteiger partial charge is 0.416 e. The average molecular weight is 537 g/mol. The summed E-state index contributed by atoms with van der Waals surface area (Å²) in [6.45, 7) is 0.0285. The largest absolute Gasteiger partial charge is 0.467 e. The number of rotatable bonds is 10. The van der Waals surface area contributed by atoms with Gasteiger partial charge in [-0.3, -0.25) is 4.79 Å². The molecule has 198 valence electrons. The summed E-state index contributed by atoms with van der Waals surface area (Å²) in [6, 6.07) is 16.1. The Morgan fingerprint density at radius 1 is 1.00 bits per heavy atom. The molecule has 2 aromatic carbocycles. The monoisotopic (exact) mass is 536 g/mol. The minimum Gasteiger partial charge on any atom is -0.467 e. The molecule has 1 fully saturated rings. The van der Waals surface area contributed by atoms with Crippen LogP contribution in [0.25, 0.3) is 0 Å². The van der Waals surface area contributed by atoms with Crippen LogP contribution in [0.1, 0.15) is 29.7 Å². The summed E-state index contributed by atoms with van der Waals surface area (Å²) in [5.41, 5.74) is -0.255. The molecular weight excluding hydrogens is 509 g/mol. The zero-order chi connectivity index (χ0) is 26.5. The number of amides is 1. The predicted octanol–water partition coefficient (Wildman–Crippen LogP) is 4.70. The minimum atomic E-state index is -4.71. The van der Waals surface area contributed by atoms with Gasteiger partial charge in [-0.25, -0.2) is 8.42 Å². The summed E-state index contributed by atoms with van der Waals surface area (Å²) in [6.07, 6.45) is -2.38. The highest BCUT2D eigenvalue weighted by Crippen LogP contribution is 2.31. The van der Waals surface area contributed by atoms with Gasteiger partial charge in [0, 0.05) is 19.7 Å². The molecule has 2 heterocycles. The molecule has 1 unspecified atom stereocenters. The van der Waals surface area contributed by atoms with E-state index >= 15 is 0 Å². The van der Waals surface area contributed by atoms with Crippen molar-refractivity contribution in [3.63, 3.8) is 0 Å². The number of hydrogen-bond donors (Lipinski definition) is 0. The normalized spacial score (nSPS) is 16.3. The second-order valence-electron chi connectivity index (χ2n) is 8.77. The first-order valence-electron chi connectivity index (χ1n) is 11.8. The molecule has 0 bridgehead atoms. The Hall–Kier alpha value is -3.15. The van der Waals surface area contributed by atoms with Crippen molar-refractivity contribution in [2.45, 2.75) is 43.1 Å². The van der Waals surface area contributed by atoms with Gasteiger partial charge in [0.2, 0.25) is 15.9 Å². The predicted molar refractivity (Wildman–Crippen MR) is 129 cm³/mol. The van der Waals surface area contributed by atoms with E-state index in [2.05, 4.69) is 0 Å². The molecule has 1 aliphatic rings. The molecule has 1 atom stereocenters. The molecule has 11 heteroatoms. The summed E-state index contributed by atoms with van der Waals surface area (Å²) in [5.74, 6) is -0.00973. The average Bonchev–Trinajstić information content (AvgIpc) is 3.58. The van der Waals surface area contributed by atoms with Crippen LogP contribution in [0.3, 0.4) is 0 Å². The van der Waals surface area contributed by atoms with Gasteiger partial charge in [-0.1, -0.05) is 36.4 Å². The lowest BCUT2D eigenvalue weighted by molar-refractivity contribution is -0.137. The SMILES string of the molecule is O=C(CN(CC1CCCO1)S(=O)(=O)c1cccc(C(F)(F)F)c1)N(Cc1ccccc1)Cc1ccco1. The summed E-state index contributed by atoms with van der Waals surface area (Å²) in [7, 11) is -4.45. The van der Waals surface area contributed by atoms with Gasteiger partial charge in [-0.2, -0.15) is 17.5 Å². The quantitative estimate of drug-likeness (QED) is 0.376. The van der Waals surface area contributed by atoms with Crippen molar-refractivity contribution in [2.24, 2.45) is 0 Å². The number of halogens is 3. The van der Waals surface area contributed by atoms with E-state index in [1.165, 1.54) is 11.2 Å². The third kappa shape index (κ3) is 7.00. The van der Waals surface area contributed by atoms with Crippen molar-refractivity contribution in [3.8, 4) is 0 Å². The number of carbonyl (C=O) groups is 1. The first-order chi connectivity index (χ1) is 17.6. The fourth-order valence-electron chi connectivity index (χ4n) is 4.12. The van der Waals surface area contributed by atoms with Crippen LogP contribution >= 0.6 is 0 Å². The van der Waals surface area contributed by atoms with Gasteiger partial charge in [-0.05, 0) is 48.7 Å². The van der Waals surface area contributed by atoms with E-state index in [1.54, 1.807) is 12.1 Å². The Labute approximate surface area is 213 Å². The summed E-state index contributed by atoms with van der Waals surface area (Å²) in [4.78, 5) is 14.4. The standard InChI is InChI=1S/C26H27F3N2O5S/c27-26(28,29)21-9-4-12-24(15-21)37(33,34)31(18-23-11-6-14-36-23)19-25(32)30(17-22-10-5-13-35-22)16-20-7-2-1-3-8-20/h1-5,7-10,12-13,15,23H,6,11,14,16-19H2. The molecule has 1 saturated heterocycles. The molecule has 7 nitrogen and oxygen atoms in total. The molecule has 4 rings (SSSR count). The summed E-state index contributed by atoms with van der Waals surface area (Å²) < 4.78 is 78.9.